The summed E-state index contributed by atoms with van der Waals surface area (Å²) in [4.78, 5) is 49.1. The van der Waals surface area contributed by atoms with Gasteiger partial charge in [0.05, 0.1) is 44.2 Å². The second-order valence-electron chi connectivity index (χ2n) is 9.45. The zero-order chi connectivity index (χ0) is 31.8. The number of furan rings is 1. The van der Waals surface area contributed by atoms with Crippen LogP contribution in [0.25, 0.3) is 11.3 Å². The second kappa shape index (κ2) is 14.1. The van der Waals surface area contributed by atoms with Crippen molar-refractivity contribution in [2.75, 3.05) is 27.4 Å². The van der Waals surface area contributed by atoms with E-state index in [1.54, 1.807) is 63.2 Å². The largest absolute Gasteiger partial charge is 0.493 e. The van der Waals surface area contributed by atoms with Gasteiger partial charge in [-0.05, 0) is 62.2 Å². The van der Waals surface area contributed by atoms with Gasteiger partial charge in [0, 0.05) is 11.3 Å². The van der Waals surface area contributed by atoms with Crippen LogP contribution in [0.15, 0.2) is 69.3 Å². The first-order valence-electron chi connectivity index (χ1n) is 13.5. The molecule has 1 aliphatic heterocycles. The topological polar surface area (TPSA) is 167 Å². The highest BCUT2D eigenvalue weighted by Gasteiger charge is 2.32. The van der Waals surface area contributed by atoms with Gasteiger partial charge in [0.25, 0.3) is 5.91 Å². The molecule has 0 saturated heterocycles. The van der Waals surface area contributed by atoms with E-state index in [1.807, 2.05) is 6.07 Å². The zero-order valence-corrected chi connectivity index (χ0v) is 24.8. The maximum atomic E-state index is 12.6. The van der Waals surface area contributed by atoms with Crippen molar-refractivity contribution in [3.05, 3.63) is 82.3 Å². The molecule has 0 saturated carbocycles. The normalized spacial score (nSPS) is 14.5. The summed E-state index contributed by atoms with van der Waals surface area (Å²) in [5.74, 6) is -0.123. The van der Waals surface area contributed by atoms with Gasteiger partial charge < -0.3 is 34.0 Å². The van der Waals surface area contributed by atoms with Crippen molar-refractivity contribution in [3.8, 4) is 22.8 Å². The predicted molar refractivity (Wildman–Crippen MR) is 158 cm³/mol. The average molecular weight is 605 g/mol. The number of allylic oxidation sites excluding steroid dienone is 1. The van der Waals surface area contributed by atoms with Gasteiger partial charge >= 0.3 is 18.0 Å². The Morgan fingerprint density at radius 2 is 1.84 bits per heavy atom. The van der Waals surface area contributed by atoms with Crippen molar-refractivity contribution in [2.45, 2.75) is 26.8 Å². The summed E-state index contributed by atoms with van der Waals surface area (Å²) in [6, 6.07) is 12.2. The summed E-state index contributed by atoms with van der Waals surface area (Å²) < 4.78 is 26.9. The molecule has 0 radical (unpaired) electrons. The van der Waals surface area contributed by atoms with Crippen molar-refractivity contribution in [1.82, 2.24) is 16.1 Å². The summed E-state index contributed by atoms with van der Waals surface area (Å²) >= 11 is 0. The number of hydrogen-bond donors (Lipinski definition) is 3. The van der Waals surface area contributed by atoms with Gasteiger partial charge in [-0.3, -0.25) is 4.79 Å². The smallest absolute Gasteiger partial charge is 0.338 e. The number of carbonyl (C=O) groups excluding carboxylic acids is 4. The third-order valence-corrected chi connectivity index (χ3v) is 6.66. The summed E-state index contributed by atoms with van der Waals surface area (Å²) in [6.45, 7) is 4.90. The molecule has 13 nitrogen and oxygen atoms in total. The lowest BCUT2D eigenvalue weighted by Gasteiger charge is -2.28. The molecule has 0 fully saturated rings. The lowest BCUT2D eigenvalue weighted by molar-refractivity contribution is -0.139. The first-order chi connectivity index (χ1) is 21.2. The number of urea groups is 1. The molecule has 0 bridgehead atoms. The van der Waals surface area contributed by atoms with E-state index in [1.165, 1.54) is 20.4 Å². The Morgan fingerprint density at radius 3 is 2.57 bits per heavy atom. The van der Waals surface area contributed by atoms with E-state index in [2.05, 4.69) is 21.2 Å². The maximum Gasteiger partial charge on any atom is 0.338 e. The second-order valence-corrected chi connectivity index (χ2v) is 9.45. The van der Waals surface area contributed by atoms with Crippen molar-refractivity contribution >= 4 is 30.1 Å². The molecule has 3 aromatic rings. The Morgan fingerprint density at radius 1 is 1.05 bits per heavy atom. The third-order valence-electron chi connectivity index (χ3n) is 6.66. The van der Waals surface area contributed by atoms with E-state index >= 15 is 0 Å². The number of esters is 2. The minimum Gasteiger partial charge on any atom is -0.493 e. The monoisotopic (exact) mass is 604 g/mol. The Kier molecular flexibility index (Phi) is 10.0. The third kappa shape index (κ3) is 7.06. The number of nitrogens with one attached hydrogen (secondary N) is 3. The Balaban J connectivity index is 1.38. The fourth-order valence-electron chi connectivity index (χ4n) is 4.55. The van der Waals surface area contributed by atoms with E-state index in [0.717, 1.165) is 5.56 Å². The molecular weight excluding hydrogens is 572 g/mol. The Bertz CT molecular complexity index is 1640. The van der Waals surface area contributed by atoms with Gasteiger partial charge in [-0.1, -0.05) is 18.2 Å². The van der Waals surface area contributed by atoms with Crippen molar-refractivity contribution in [3.63, 3.8) is 0 Å². The number of benzene rings is 2. The van der Waals surface area contributed by atoms with E-state index in [0.29, 0.717) is 33.9 Å². The average Bonchev–Trinajstić information content (AvgIpc) is 3.47. The minimum absolute atomic E-state index is 0.174. The van der Waals surface area contributed by atoms with Gasteiger partial charge in [-0.25, -0.2) is 19.8 Å². The lowest BCUT2D eigenvalue weighted by atomic mass is 9.95. The number of methoxy groups -OCH3 is 2. The molecule has 2 aromatic carbocycles. The lowest BCUT2D eigenvalue weighted by Crippen LogP contribution is -2.45. The van der Waals surface area contributed by atoms with E-state index in [4.69, 9.17) is 23.4 Å². The molecule has 1 aromatic heterocycles. The van der Waals surface area contributed by atoms with E-state index in [-0.39, 0.29) is 30.3 Å². The molecule has 230 valence electrons. The number of ether oxygens (including phenoxy) is 4. The molecule has 0 spiro atoms. The van der Waals surface area contributed by atoms with Crippen LogP contribution < -0.4 is 25.5 Å². The van der Waals surface area contributed by atoms with E-state index < -0.39 is 29.9 Å². The number of nitrogens with zero attached hydrogens (tertiary/aromatic N) is 1. The summed E-state index contributed by atoms with van der Waals surface area (Å²) in [7, 11) is 2.75. The van der Waals surface area contributed by atoms with Crippen LogP contribution in [0.1, 0.15) is 47.1 Å². The molecule has 3 N–H and O–H groups in total. The number of hydrazone groups is 1. The SMILES string of the molecule is CCOC(=O)C1=C(C)NC(=O)N[C@H]1c1ccc(OCC(=O)N/N=C\c2ccc(-c3cccc(C(=O)OC)c3C)o2)c(OC)c1. The number of hydrogen-bond acceptors (Lipinski definition) is 10. The van der Waals surface area contributed by atoms with Crippen LogP contribution >= 0.6 is 0 Å². The molecule has 0 aliphatic carbocycles. The first-order valence-corrected chi connectivity index (χ1v) is 13.5. The zero-order valence-electron chi connectivity index (χ0n) is 24.8. The molecule has 13 heteroatoms. The Labute approximate surface area is 253 Å². The van der Waals surface area contributed by atoms with Crippen LogP contribution in [0.5, 0.6) is 11.5 Å². The Hall–Kier alpha value is -5.59. The molecule has 4 rings (SSSR count). The molecular formula is C31H32N4O9. The van der Waals surface area contributed by atoms with E-state index in [9.17, 15) is 19.2 Å². The standard InChI is InChI=1S/C31H32N4O9/c1-6-42-30(38)27-18(3)33-31(39)34-28(27)19-10-12-24(25(14-19)40-4)43-16-26(36)35-32-15-20-11-13-23(44-20)21-8-7-9-22(17(21)2)29(37)41-5/h7-15,28H,6,16H2,1-5H3,(H,35,36)(H2,33,34,39)/b32-15-/t28-/m0/s1. The van der Waals surface area contributed by atoms with Crippen LogP contribution in [-0.4, -0.2) is 57.5 Å². The van der Waals surface area contributed by atoms with Crippen molar-refractivity contribution < 1.29 is 42.5 Å². The van der Waals surface area contributed by atoms with Crippen molar-refractivity contribution in [1.29, 1.82) is 0 Å². The summed E-state index contributed by atoms with van der Waals surface area (Å²) in [5.41, 5.74) is 5.40. The summed E-state index contributed by atoms with van der Waals surface area (Å²) in [6.07, 6.45) is 1.33. The van der Waals surface area contributed by atoms with Crippen LogP contribution in [-0.2, 0) is 19.1 Å². The van der Waals surface area contributed by atoms with Crippen LogP contribution in [0.2, 0.25) is 0 Å². The van der Waals surface area contributed by atoms with Gasteiger partial charge in [0.2, 0.25) is 0 Å². The number of rotatable bonds is 11. The predicted octanol–water partition coefficient (Wildman–Crippen LogP) is 3.77. The molecule has 44 heavy (non-hydrogen) atoms. The van der Waals surface area contributed by atoms with Gasteiger partial charge in [-0.2, -0.15) is 5.10 Å². The molecule has 0 unspecified atom stereocenters. The molecule has 2 heterocycles. The fraction of sp³-hybridized carbons (Fsp3) is 0.258. The van der Waals surface area contributed by atoms with Crippen LogP contribution in [0, 0.1) is 6.92 Å². The highest BCUT2D eigenvalue weighted by Crippen LogP contribution is 2.34. The highest BCUT2D eigenvalue weighted by molar-refractivity contribution is 5.95. The first kappa shape index (κ1) is 31.3. The minimum atomic E-state index is -0.786. The van der Waals surface area contributed by atoms with Crippen molar-refractivity contribution in [2.24, 2.45) is 5.10 Å². The van der Waals surface area contributed by atoms with Crippen LogP contribution in [0.3, 0.4) is 0 Å². The fourth-order valence-corrected chi connectivity index (χ4v) is 4.55. The maximum absolute atomic E-state index is 12.6. The quantitative estimate of drug-likeness (QED) is 0.168. The molecule has 3 amide bonds. The highest BCUT2D eigenvalue weighted by atomic mass is 16.5. The number of carbonyl (C=O) groups is 4. The van der Waals surface area contributed by atoms with Gasteiger partial charge in [0.1, 0.15) is 11.5 Å². The molecule has 1 atom stereocenters. The van der Waals surface area contributed by atoms with Gasteiger partial charge in [-0.15, -0.1) is 0 Å². The molecule has 1 aliphatic rings. The summed E-state index contributed by atoms with van der Waals surface area (Å²) in [5, 5.41) is 9.22. The number of amides is 3. The van der Waals surface area contributed by atoms with Gasteiger partial charge in [0.15, 0.2) is 18.1 Å². The van der Waals surface area contributed by atoms with Crippen LogP contribution in [0.4, 0.5) is 4.79 Å².